The Labute approximate surface area is 114 Å². The zero-order valence-electron chi connectivity index (χ0n) is 10.8. The second kappa shape index (κ2) is 5.99. The van der Waals surface area contributed by atoms with Crippen molar-refractivity contribution in [2.75, 3.05) is 13.1 Å². The topological polar surface area (TPSA) is 54.2 Å². The number of fused-ring (bicyclic) bond motifs is 2. The lowest BCUT2D eigenvalue weighted by atomic mass is 10.1. The molecular formula is C12H21ClN4O. The van der Waals surface area contributed by atoms with Gasteiger partial charge >= 0.3 is 0 Å². The summed E-state index contributed by atoms with van der Waals surface area (Å²) in [6, 6.07) is 1.40. The molecule has 2 aliphatic rings. The van der Waals surface area contributed by atoms with E-state index in [9.17, 15) is 0 Å². The fourth-order valence-electron chi connectivity index (χ4n) is 2.86. The van der Waals surface area contributed by atoms with E-state index < -0.39 is 0 Å². The van der Waals surface area contributed by atoms with Crippen LogP contribution in [0.3, 0.4) is 0 Å². The summed E-state index contributed by atoms with van der Waals surface area (Å²) in [5, 5.41) is 7.70. The lowest BCUT2D eigenvalue weighted by Gasteiger charge is -2.22. The maximum Gasteiger partial charge on any atom is 0.226 e. The molecule has 1 aromatic rings. The van der Waals surface area contributed by atoms with Crippen LogP contribution >= 0.6 is 12.4 Å². The molecule has 3 heterocycles. The summed E-state index contributed by atoms with van der Waals surface area (Å²) in [6.07, 6.45) is 4.72. The second-order valence-electron chi connectivity index (χ2n) is 5.12. The molecule has 102 valence electrons. The van der Waals surface area contributed by atoms with E-state index in [0.717, 1.165) is 43.8 Å². The first kappa shape index (κ1) is 13.8. The van der Waals surface area contributed by atoms with Crippen LogP contribution in [0.1, 0.15) is 37.9 Å². The van der Waals surface area contributed by atoms with E-state index in [0.29, 0.717) is 6.04 Å². The van der Waals surface area contributed by atoms with Gasteiger partial charge in [0.25, 0.3) is 0 Å². The Morgan fingerprint density at radius 3 is 2.94 bits per heavy atom. The normalized spacial score (nSPS) is 27.8. The lowest BCUT2D eigenvalue weighted by Crippen LogP contribution is -2.35. The molecule has 0 aromatic carbocycles. The molecular weight excluding hydrogens is 252 g/mol. The van der Waals surface area contributed by atoms with Crippen LogP contribution in [0.5, 0.6) is 0 Å². The molecule has 3 rings (SSSR count). The quantitative estimate of drug-likeness (QED) is 0.901. The Kier molecular flexibility index (Phi) is 4.59. The van der Waals surface area contributed by atoms with Crippen LogP contribution in [0.2, 0.25) is 0 Å². The Bertz CT molecular complexity index is 384. The van der Waals surface area contributed by atoms with E-state index >= 15 is 0 Å². The van der Waals surface area contributed by atoms with Gasteiger partial charge in [0.05, 0.1) is 6.54 Å². The molecule has 2 fully saturated rings. The minimum Gasteiger partial charge on any atom is -0.339 e. The fraction of sp³-hybridized carbons (Fsp3) is 0.833. The van der Waals surface area contributed by atoms with Crippen LogP contribution < -0.4 is 5.32 Å². The predicted octanol–water partition coefficient (Wildman–Crippen LogP) is 1.38. The van der Waals surface area contributed by atoms with Crippen molar-refractivity contribution in [3.8, 4) is 0 Å². The first-order chi connectivity index (χ1) is 8.33. The number of nitrogens with one attached hydrogen (secondary N) is 1. The SMILES string of the molecule is CCc1nc(CN2CCC3CCC(C2)N3)no1.Cl. The predicted molar refractivity (Wildman–Crippen MR) is 70.8 cm³/mol. The maximum atomic E-state index is 5.15. The summed E-state index contributed by atoms with van der Waals surface area (Å²) >= 11 is 0. The lowest BCUT2D eigenvalue weighted by molar-refractivity contribution is 0.241. The number of aromatic nitrogens is 2. The van der Waals surface area contributed by atoms with Crippen LogP contribution in [-0.2, 0) is 13.0 Å². The van der Waals surface area contributed by atoms with E-state index in [-0.39, 0.29) is 12.4 Å². The van der Waals surface area contributed by atoms with Crippen molar-refractivity contribution >= 4 is 12.4 Å². The Morgan fingerprint density at radius 2 is 2.17 bits per heavy atom. The molecule has 0 aliphatic carbocycles. The molecule has 6 heteroatoms. The molecule has 2 unspecified atom stereocenters. The van der Waals surface area contributed by atoms with Gasteiger partial charge in [-0.15, -0.1) is 12.4 Å². The van der Waals surface area contributed by atoms with E-state index in [4.69, 9.17) is 4.52 Å². The van der Waals surface area contributed by atoms with Gasteiger partial charge in [0.1, 0.15) is 0 Å². The highest BCUT2D eigenvalue weighted by atomic mass is 35.5. The Morgan fingerprint density at radius 1 is 1.33 bits per heavy atom. The van der Waals surface area contributed by atoms with E-state index in [1.807, 2.05) is 6.92 Å². The number of hydrogen-bond donors (Lipinski definition) is 1. The first-order valence-corrected chi connectivity index (χ1v) is 6.63. The van der Waals surface area contributed by atoms with Crippen molar-refractivity contribution in [2.45, 2.75) is 51.2 Å². The highest BCUT2D eigenvalue weighted by Crippen LogP contribution is 2.21. The molecule has 0 amide bonds. The third-order valence-corrected chi connectivity index (χ3v) is 3.78. The van der Waals surface area contributed by atoms with Crippen LogP contribution in [-0.4, -0.2) is 40.2 Å². The van der Waals surface area contributed by atoms with Gasteiger partial charge in [-0.3, -0.25) is 4.90 Å². The molecule has 2 bridgehead atoms. The number of likely N-dealkylation sites (tertiary alicyclic amines) is 1. The second-order valence-corrected chi connectivity index (χ2v) is 5.12. The monoisotopic (exact) mass is 272 g/mol. The summed E-state index contributed by atoms with van der Waals surface area (Å²) in [6.45, 7) is 5.12. The summed E-state index contributed by atoms with van der Waals surface area (Å²) in [7, 11) is 0. The average Bonchev–Trinajstić information content (AvgIpc) is 2.89. The largest absolute Gasteiger partial charge is 0.339 e. The molecule has 2 aliphatic heterocycles. The van der Waals surface area contributed by atoms with E-state index in [2.05, 4.69) is 20.4 Å². The minimum absolute atomic E-state index is 0. The van der Waals surface area contributed by atoms with Crippen LogP contribution in [0, 0.1) is 0 Å². The molecule has 2 saturated heterocycles. The van der Waals surface area contributed by atoms with Gasteiger partial charge in [-0.2, -0.15) is 4.98 Å². The van der Waals surface area contributed by atoms with Gasteiger partial charge in [-0.05, 0) is 19.3 Å². The molecule has 1 aromatic heterocycles. The van der Waals surface area contributed by atoms with Crippen molar-refractivity contribution in [3.63, 3.8) is 0 Å². The summed E-state index contributed by atoms with van der Waals surface area (Å²) in [5.74, 6) is 1.58. The molecule has 18 heavy (non-hydrogen) atoms. The van der Waals surface area contributed by atoms with Gasteiger partial charge in [0, 0.05) is 31.6 Å². The zero-order chi connectivity index (χ0) is 11.7. The van der Waals surface area contributed by atoms with Crippen LogP contribution in [0.15, 0.2) is 4.52 Å². The summed E-state index contributed by atoms with van der Waals surface area (Å²) in [5.41, 5.74) is 0. The van der Waals surface area contributed by atoms with E-state index in [1.165, 1.54) is 19.3 Å². The third-order valence-electron chi connectivity index (χ3n) is 3.78. The van der Waals surface area contributed by atoms with Crippen molar-refractivity contribution in [2.24, 2.45) is 0 Å². The maximum absolute atomic E-state index is 5.15. The van der Waals surface area contributed by atoms with Gasteiger partial charge in [-0.25, -0.2) is 0 Å². The van der Waals surface area contributed by atoms with Gasteiger partial charge in [0.2, 0.25) is 5.89 Å². The molecule has 5 nitrogen and oxygen atoms in total. The fourth-order valence-corrected chi connectivity index (χ4v) is 2.86. The summed E-state index contributed by atoms with van der Waals surface area (Å²) in [4.78, 5) is 6.82. The van der Waals surface area contributed by atoms with Gasteiger partial charge in [0.15, 0.2) is 5.82 Å². The molecule has 0 radical (unpaired) electrons. The number of halogens is 1. The van der Waals surface area contributed by atoms with Crippen molar-refractivity contribution in [1.82, 2.24) is 20.4 Å². The Balaban J connectivity index is 0.00000120. The van der Waals surface area contributed by atoms with Crippen molar-refractivity contribution in [1.29, 1.82) is 0 Å². The smallest absolute Gasteiger partial charge is 0.226 e. The summed E-state index contributed by atoms with van der Waals surface area (Å²) < 4.78 is 5.15. The number of aryl methyl sites for hydroxylation is 1. The molecule has 0 spiro atoms. The first-order valence-electron chi connectivity index (χ1n) is 6.63. The third kappa shape index (κ3) is 3.02. The molecule has 0 saturated carbocycles. The molecule has 2 atom stereocenters. The zero-order valence-corrected chi connectivity index (χ0v) is 11.6. The highest BCUT2D eigenvalue weighted by molar-refractivity contribution is 5.85. The van der Waals surface area contributed by atoms with Gasteiger partial charge < -0.3 is 9.84 Å². The number of nitrogens with zero attached hydrogens (tertiary/aromatic N) is 3. The highest BCUT2D eigenvalue weighted by Gasteiger charge is 2.29. The van der Waals surface area contributed by atoms with E-state index in [1.54, 1.807) is 0 Å². The Hall–Kier alpha value is -0.650. The number of hydrogen-bond acceptors (Lipinski definition) is 5. The van der Waals surface area contributed by atoms with Crippen molar-refractivity contribution in [3.05, 3.63) is 11.7 Å². The standard InChI is InChI=1S/C12H20N4O.ClH/c1-2-12-14-11(15-17-12)8-16-6-5-9-3-4-10(7-16)13-9;/h9-10,13H,2-8H2,1H3;1H. The van der Waals surface area contributed by atoms with Crippen LogP contribution in [0.4, 0.5) is 0 Å². The van der Waals surface area contributed by atoms with Gasteiger partial charge in [-0.1, -0.05) is 12.1 Å². The minimum atomic E-state index is 0. The van der Waals surface area contributed by atoms with Crippen LogP contribution in [0.25, 0.3) is 0 Å². The molecule has 1 N–H and O–H groups in total. The van der Waals surface area contributed by atoms with Crippen molar-refractivity contribution < 1.29 is 4.52 Å². The number of rotatable bonds is 3. The average molecular weight is 273 g/mol.